The SMILES string of the molecule is CC(C)/C=C(\CC(O)C#C[Si](C)(C)C)[Si](C)(C)C. The second-order valence-electron chi connectivity index (χ2n) is 7.43. The molecule has 0 saturated heterocycles. The van der Waals surface area contributed by atoms with Gasteiger partial charge in [0.1, 0.15) is 14.2 Å². The molecule has 0 aromatic carbocycles. The quantitative estimate of drug-likeness (QED) is 0.608. The van der Waals surface area contributed by atoms with Crippen LogP contribution in [0.15, 0.2) is 11.3 Å². The molecule has 1 unspecified atom stereocenters. The number of hydrogen-bond donors (Lipinski definition) is 1. The van der Waals surface area contributed by atoms with Gasteiger partial charge in [0, 0.05) is 6.42 Å². The van der Waals surface area contributed by atoms with E-state index in [1.165, 1.54) is 5.20 Å². The molecule has 104 valence electrons. The zero-order chi connectivity index (χ0) is 14.6. The highest BCUT2D eigenvalue weighted by Crippen LogP contribution is 2.21. The molecule has 0 radical (unpaired) electrons. The monoisotopic (exact) mass is 282 g/mol. The standard InChI is InChI=1S/C15H30OSi2/c1-13(2)11-15(18(6,7)8)12-14(16)9-10-17(3,4)5/h11,13-14,16H,12H2,1-8H3/b15-11+. The summed E-state index contributed by atoms with van der Waals surface area (Å²) in [7, 11) is -2.72. The van der Waals surface area contributed by atoms with E-state index in [1.54, 1.807) is 0 Å². The van der Waals surface area contributed by atoms with Crippen LogP contribution in [0.25, 0.3) is 0 Å². The van der Waals surface area contributed by atoms with E-state index in [2.05, 4.69) is 70.7 Å². The zero-order valence-electron chi connectivity index (χ0n) is 13.4. The Morgan fingerprint density at radius 2 is 1.61 bits per heavy atom. The average Bonchev–Trinajstić information content (AvgIpc) is 2.10. The van der Waals surface area contributed by atoms with Gasteiger partial charge in [-0.05, 0) is 5.92 Å². The van der Waals surface area contributed by atoms with Crippen molar-refractivity contribution in [1.29, 1.82) is 0 Å². The van der Waals surface area contributed by atoms with Gasteiger partial charge in [-0.1, -0.05) is 70.3 Å². The Balaban J connectivity index is 4.86. The number of aliphatic hydroxyl groups excluding tert-OH is 1. The summed E-state index contributed by atoms with van der Waals surface area (Å²) in [5.74, 6) is 3.59. The van der Waals surface area contributed by atoms with E-state index < -0.39 is 22.3 Å². The molecule has 18 heavy (non-hydrogen) atoms. The van der Waals surface area contributed by atoms with Crippen LogP contribution in [0, 0.1) is 17.4 Å². The Morgan fingerprint density at radius 3 is 1.94 bits per heavy atom. The molecule has 0 amide bonds. The number of rotatable bonds is 4. The van der Waals surface area contributed by atoms with Crippen LogP contribution in [0.4, 0.5) is 0 Å². The predicted octanol–water partition coefficient (Wildman–Crippen LogP) is 4.08. The molecule has 0 aromatic rings. The normalized spacial score (nSPS) is 15.3. The minimum Gasteiger partial charge on any atom is -0.380 e. The van der Waals surface area contributed by atoms with Crippen LogP contribution in [0.1, 0.15) is 20.3 Å². The minimum absolute atomic E-state index is 0.492. The van der Waals surface area contributed by atoms with Crippen molar-refractivity contribution >= 4 is 16.1 Å². The van der Waals surface area contributed by atoms with Crippen molar-refractivity contribution in [2.75, 3.05) is 0 Å². The third-order valence-corrected chi connectivity index (χ3v) is 5.72. The third-order valence-electron chi connectivity index (χ3n) is 2.52. The average molecular weight is 283 g/mol. The molecule has 0 aliphatic heterocycles. The lowest BCUT2D eigenvalue weighted by molar-refractivity contribution is 0.234. The molecule has 0 saturated carbocycles. The molecule has 0 rings (SSSR count). The first-order chi connectivity index (χ1) is 7.92. The van der Waals surface area contributed by atoms with E-state index in [0.29, 0.717) is 5.92 Å². The molecular weight excluding hydrogens is 252 g/mol. The van der Waals surface area contributed by atoms with Crippen LogP contribution in [0.3, 0.4) is 0 Å². The summed E-state index contributed by atoms with van der Waals surface area (Å²) in [5, 5.41) is 11.5. The fourth-order valence-electron chi connectivity index (χ4n) is 1.59. The van der Waals surface area contributed by atoms with Crippen LogP contribution in [0.5, 0.6) is 0 Å². The Bertz CT molecular complexity index is 345. The minimum atomic E-state index is -1.38. The van der Waals surface area contributed by atoms with Crippen molar-refractivity contribution in [2.24, 2.45) is 5.92 Å². The molecule has 0 spiro atoms. The smallest absolute Gasteiger partial charge is 0.129 e. The second kappa shape index (κ2) is 6.74. The lowest BCUT2D eigenvalue weighted by atomic mass is 10.1. The van der Waals surface area contributed by atoms with E-state index in [1.807, 2.05) is 0 Å². The molecule has 0 fully saturated rings. The maximum absolute atomic E-state index is 10.1. The van der Waals surface area contributed by atoms with Crippen molar-refractivity contribution in [3.8, 4) is 11.5 Å². The fourth-order valence-corrected chi connectivity index (χ4v) is 3.82. The summed E-state index contributed by atoms with van der Waals surface area (Å²) >= 11 is 0. The highest BCUT2D eigenvalue weighted by Gasteiger charge is 2.21. The molecule has 0 bridgehead atoms. The van der Waals surface area contributed by atoms with Crippen molar-refractivity contribution in [2.45, 2.75) is 65.7 Å². The van der Waals surface area contributed by atoms with Gasteiger partial charge in [-0.15, -0.1) is 5.54 Å². The van der Waals surface area contributed by atoms with Crippen LogP contribution in [0.2, 0.25) is 39.3 Å². The van der Waals surface area contributed by atoms with Crippen molar-refractivity contribution < 1.29 is 5.11 Å². The Hall–Kier alpha value is -0.306. The van der Waals surface area contributed by atoms with Gasteiger partial charge in [0.15, 0.2) is 0 Å². The summed E-state index contributed by atoms with van der Waals surface area (Å²) in [5.41, 5.74) is 3.26. The fraction of sp³-hybridized carbons (Fsp3) is 0.733. The first kappa shape index (κ1) is 17.7. The summed E-state index contributed by atoms with van der Waals surface area (Å²) in [6.07, 6.45) is 2.56. The van der Waals surface area contributed by atoms with Gasteiger partial charge in [0.2, 0.25) is 0 Å². The van der Waals surface area contributed by atoms with Gasteiger partial charge < -0.3 is 5.11 Å². The van der Waals surface area contributed by atoms with Gasteiger partial charge in [0.05, 0.1) is 8.07 Å². The lowest BCUT2D eigenvalue weighted by Crippen LogP contribution is -2.27. The van der Waals surface area contributed by atoms with Crippen LogP contribution in [-0.2, 0) is 0 Å². The predicted molar refractivity (Wildman–Crippen MR) is 88.0 cm³/mol. The van der Waals surface area contributed by atoms with E-state index >= 15 is 0 Å². The van der Waals surface area contributed by atoms with Gasteiger partial charge >= 0.3 is 0 Å². The topological polar surface area (TPSA) is 20.2 Å². The summed E-state index contributed by atoms with van der Waals surface area (Å²) in [6.45, 7) is 18.0. The second-order valence-corrected chi connectivity index (χ2v) is 17.3. The molecule has 0 aliphatic rings. The van der Waals surface area contributed by atoms with E-state index in [-0.39, 0.29) is 0 Å². The molecular formula is C15H30OSi2. The number of aliphatic hydroxyl groups is 1. The third kappa shape index (κ3) is 8.74. The molecule has 0 heterocycles. The van der Waals surface area contributed by atoms with E-state index in [4.69, 9.17) is 0 Å². The maximum atomic E-state index is 10.1. The van der Waals surface area contributed by atoms with Gasteiger partial charge in [-0.2, -0.15) is 0 Å². The van der Waals surface area contributed by atoms with Crippen LogP contribution < -0.4 is 0 Å². The highest BCUT2D eigenvalue weighted by atomic mass is 28.3. The number of allylic oxidation sites excluding steroid dienone is 1. The molecule has 0 aliphatic carbocycles. The number of hydrogen-bond acceptors (Lipinski definition) is 1. The summed E-state index contributed by atoms with van der Waals surface area (Å²) in [4.78, 5) is 0. The lowest BCUT2D eigenvalue weighted by Gasteiger charge is -2.23. The van der Waals surface area contributed by atoms with Crippen LogP contribution in [-0.4, -0.2) is 27.4 Å². The van der Waals surface area contributed by atoms with Gasteiger partial charge in [-0.25, -0.2) is 0 Å². The highest BCUT2D eigenvalue weighted by molar-refractivity contribution is 6.84. The van der Waals surface area contributed by atoms with E-state index in [9.17, 15) is 5.11 Å². The van der Waals surface area contributed by atoms with E-state index in [0.717, 1.165) is 6.42 Å². The molecule has 1 N–H and O–H groups in total. The Labute approximate surface area is 116 Å². The summed E-state index contributed by atoms with van der Waals surface area (Å²) < 4.78 is 0. The van der Waals surface area contributed by atoms with Crippen LogP contribution >= 0.6 is 0 Å². The molecule has 1 atom stereocenters. The molecule has 3 heteroatoms. The van der Waals surface area contributed by atoms with Crippen molar-refractivity contribution in [3.63, 3.8) is 0 Å². The first-order valence-corrected chi connectivity index (χ1v) is 13.8. The largest absolute Gasteiger partial charge is 0.380 e. The molecule has 0 aromatic heterocycles. The van der Waals surface area contributed by atoms with Crippen molar-refractivity contribution in [3.05, 3.63) is 11.3 Å². The van der Waals surface area contributed by atoms with Gasteiger partial charge in [-0.3, -0.25) is 0 Å². The maximum Gasteiger partial charge on any atom is 0.129 e. The Kier molecular flexibility index (Phi) is 6.63. The summed E-state index contributed by atoms with van der Waals surface area (Å²) in [6, 6.07) is 0. The Morgan fingerprint density at radius 1 is 1.11 bits per heavy atom. The molecule has 1 nitrogen and oxygen atoms in total. The van der Waals surface area contributed by atoms with Crippen molar-refractivity contribution in [1.82, 2.24) is 0 Å². The first-order valence-electron chi connectivity index (χ1n) is 6.84. The van der Waals surface area contributed by atoms with Gasteiger partial charge in [0.25, 0.3) is 0 Å². The zero-order valence-corrected chi connectivity index (χ0v) is 15.4.